The second-order valence-electron chi connectivity index (χ2n) is 4.03. The lowest BCUT2D eigenvalue weighted by molar-refractivity contribution is 0.436. The molecule has 0 amide bonds. The Morgan fingerprint density at radius 3 is 2.50 bits per heavy atom. The van der Waals surface area contributed by atoms with Crippen LogP contribution in [0, 0.1) is 6.92 Å². The molecule has 90 valence electrons. The van der Waals surface area contributed by atoms with E-state index in [0.29, 0.717) is 5.88 Å². The molecule has 0 aliphatic rings. The quantitative estimate of drug-likeness (QED) is 0.746. The molecule has 0 unspecified atom stereocenters. The number of aryl methyl sites for hydroxylation is 1. The number of hydrogen-bond acceptors (Lipinski definition) is 4. The molecule has 0 spiro atoms. The van der Waals surface area contributed by atoms with Crippen molar-refractivity contribution in [2.45, 2.75) is 6.92 Å². The van der Waals surface area contributed by atoms with Gasteiger partial charge in [0.05, 0.1) is 17.4 Å². The predicted octanol–water partition coefficient (Wildman–Crippen LogP) is 2.42. The van der Waals surface area contributed by atoms with Gasteiger partial charge in [0.25, 0.3) is 0 Å². The molecule has 2 heterocycles. The summed E-state index contributed by atoms with van der Waals surface area (Å²) in [6, 6.07) is 9.88. The first-order chi connectivity index (χ1) is 8.75. The van der Waals surface area contributed by atoms with Crippen LogP contribution in [0.4, 0.5) is 5.88 Å². The van der Waals surface area contributed by atoms with Crippen molar-refractivity contribution in [2.75, 3.05) is 5.73 Å². The number of nitrogens with two attached hydrogens (primary N) is 1. The van der Waals surface area contributed by atoms with Crippen LogP contribution in [0.1, 0.15) is 5.69 Å². The highest BCUT2D eigenvalue weighted by Gasteiger charge is 2.07. The van der Waals surface area contributed by atoms with Gasteiger partial charge in [0, 0.05) is 11.9 Å². The van der Waals surface area contributed by atoms with E-state index in [1.165, 1.54) is 0 Å². The molecule has 5 heteroatoms. The standard InChI is InChI=1S/C13H12N4O/c1-9-6-7-15-17(9)11-4-2-10(3-5-11)12-8-16-18-13(12)14/h2-8H,14H2,1H3. The summed E-state index contributed by atoms with van der Waals surface area (Å²) < 4.78 is 6.73. The first-order valence-electron chi connectivity index (χ1n) is 5.57. The fourth-order valence-electron chi connectivity index (χ4n) is 1.89. The molecular formula is C13H12N4O. The zero-order valence-corrected chi connectivity index (χ0v) is 9.87. The fraction of sp³-hybridized carbons (Fsp3) is 0.0769. The summed E-state index contributed by atoms with van der Waals surface area (Å²) in [5, 5.41) is 7.92. The molecule has 3 aromatic rings. The maximum Gasteiger partial charge on any atom is 0.229 e. The number of hydrogen-bond donors (Lipinski definition) is 1. The summed E-state index contributed by atoms with van der Waals surface area (Å²) in [6.45, 7) is 2.01. The number of benzene rings is 1. The van der Waals surface area contributed by atoms with Gasteiger partial charge >= 0.3 is 0 Å². The minimum atomic E-state index is 0.331. The summed E-state index contributed by atoms with van der Waals surface area (Å²) in [5.41, 5.74) is 9.56. The van der Waals surface area contributed by atoms with E-state index in [1.54, 1.807) is 12.4 Å². The maximum absolute atomic E-state index is 5.68. The summed E-state index contributed by atoms with van der Waals surface area (Å²) in [5.74, 6) is 0.331. The van der Waals surface area contributed by atoms with E-state index < -0.39 is 0 Å². The highest BCUT2D eigenvalue weighted by atomic mass is 16.5. The van der Waals surface area contributed by atoms with E-state index in [2.05, 4.69) is 10.3 Å². The van der Waals surface area contributed by atoms with E-state index >= 15 is 0 Å². The third kappa shape index (κ3) is 1.66. The summed E-state index contributed by atoms with van der Waals surface area (Å²) in [4.78, 5) is 0. The second kappa shape index (κ2) is 4.03. The van der Waals surface area contributed by atoms with Gasteiger partial charge in [0.15, 0.2) is 0 Å². The van der Waals surface area contributed by atoms with Crippen molar-refractivity contribution in [3.05, 3.63) is 48.4 Å². The van der Waals surface area contributed by atoms with Gasteiger partial charge in [0.1, 0.15) is 0 Å². The molecule has 2 aromatic heterocycles. The molecule has 18 heavy (non-hydrogen) atoms. The average Bonchev–Trinajstić information content (AvgIpc) is 2.98. The minimum absolute atomic E-state index is 0.331. The monoisotopic (exact) mass is 240 g/mol. The van der Waals surface area contributed by atoms with Gasteiger partial charge in [-0.05, 0) is 30.7 Å². The number of rotatable bonds is 2. The Kier molecular flexibility index (Phi) is 2.37. The second-order valence-corrected chi connectivity index (χ2v) is 4.03. The number of nitrogen functional groups attached to an aromatic ring is 1. The molecule has 1 aromatic carbocycles. The number of aromatic nitrogens is 3. The topological polar surface area (TPSA) is 69.9 Å². The molecule has 3 rings (SSSR count). The van der Waals surface area contributed by atoms with Gasteiger partial charge in [-0.25, -0.2) is 4.68 Å². The fourth-order valence-corrected chi connectivity index (χ4v) is 1.89. The highest BCUT2D eigenvalue weighted by molar-refractivity contribution is 5.72. The van der Waals surface area contributed by atoms with E-state index in [9.17, 15) is 0 Å². The van der Waals surface area contributed by atoms with Gasteiger partial charge in [-0.1, -0.05) is 17.3 Å². The Bertz CT molecular complexity index is 607. The van der Waals surface area contributed by atoms with Gasteiger partial charge < -0.3 is 10.3 Å². The first kappa shape index (κ1) is 10.6. The Balaban J connectivity index is 2.00. The third-order valence-corrected chi connectivity index (χ3v) is 2.85. The molecule has 0 radical (unpaired) electrons. The minimum Gasteiger partial charge on any atom is -0.367 e. The van der Waals surface area contributed by atoms with Crippen LogP contribution in [0.5, 0.6) is 0 Å². The Morgan fingerprint density at radius 1 is 1.17 bits per heavy atom. The van der Waals surface area contributed by atoms with Crippen molar-refractivity contribution in [3.8, 4) is 16.8 Å². The number of nitrogens with zero attached hydrogens (tertiary/aromatic N) is 3. The van der Waals surface area contributed by atoms with Crippen LogP contribution in [0.15, 0.2) is 47.2 Å². The van der Waals surface area contributed by atoms with Crippen LogP contribution in [0.25, 0.3) is 16.8 Å². The zero-order chi connectivity index (χ0) is 12.5. The zero-order valence-electron chi connectivity index (χ0n) is 9.87. The van der Waals surface area contributed by atoms with Gasteiger partial charge in [-0.15, -0.1) is 0 Å². The van der Waals surface area contributed by atoms with Crippen LogP contribution in [-0.4, -0.2) is 14.9 Å². The Labute approximate surface area is 104 Å². The van der Waals surface area contributed by atoms with Gasteiger partial charge in [-0.2, -0.15) is 5.10 Å². The molecule has 0 aliphatic carbocycles. The normalized spacial score (nSPS) is 10.7. The molecule has 0 saturated carbocycles. The van der Waals surface area contributed by atoms with Crippen LogP contribution in [0.3, 0.4) is 0 Å². The smallest absolute Gasteiger partial charge is 0.229 e. The van der Waals surface area contributed by atoms with Gasteiger partial charge in [0.2, 0.25) is 5.88 Å². The van der Waals surface area contributed by atoms with E-state index in [0.717, 1.165) is 22.5 Å². The van der Waals surface area contributed by atoms with E-state index in [-0.39, 0.29) is 0 Å². The van der Waals surface area contributed by atoms with Crippen molar-refractivity contribution in [2.24, 2.45) is 0 Å². The Hall–Kier alpha value is -2.56. The predicted molar refractivity (Wildman–Crippen MR) is 68.2 cm³/mol. The molecule has 0 bridgehead atoms. The van der Waals surface area contributed by atoms with E-state index in [1.807, 2.05) is 41.9 Å². The maximum atomic E-state index is 5.68. The Morgan fingerprint density at radius 2 is 1.94 bits per heavy atom. The summed E-state index contributed by atoms with van der Waals surface area (Å²) >= 11 is 0. The average molecular weight is 240 g/mol. The lowest BCUT2D eigenvalue weighted by Crippen LogP contribution is -1.97. The van der Waals surface area contributed by atoms with Crippen molar-refractivity contribution in [1.82, 2.24) is 14.9 Å². The van der Waals surface area contributed by atoms with Crippen LogP contribution in [-0.2, 0) is 0 Å². The van der Waals surface area contributed by atoms with Crippen molar-refractivity contribution in [1.29, 1.82) is 0 Å². The first-order valence-corrected chi connectivity index (χ1v) is 5.57. The van der Waals surface area contributed by atoms with Crippen LogP contribution >= 0.6 is 0 Å². The molecule has 0 atom stereocenters. The number of anilines is 1. The van der Waals surface area contributed by atoms with E-state index in [4.69, 9.17) is 10.3 Å². The van der Waals surface area contributed by atoms with Crippen LogP contribution in [0.2, 0.25) is 0 Å². The van der Waals surface area contributed by atoms with Gasteiger partial charge in [-0.3, -0.25) is 0 Å². The lowest BCUT2D eigenvalue weighted by Gasteiger charge is -2.05. The SMILES string of the molecule is Cc1ccnn1-c1ccc(-c2cnoc2N)cc1. The largest absolute Gasteiger partial charge is 0.367 e. The molecular weight excluding hydrogens is 228 g/mol. The summed E-state index contributed by atoms with van der Waals surface area (Å²) in [6.07, 6.45) is 3.39. The molecule has 5 nitrogen and oxygen atoms in total. The molecule has 0 aliphatic heterocycles. The van der Waals surface area contributed by atoms with Crippen molar-refractivity contribution >= 4 is 5.88 Å². The van der Waals surface area contributed by atoms with Crippen LogP contribution < -0.4 is 5.73 Å². The molecule has 0 saturated heterocycles. The molecule has 2 N–H and O–H groups in total. The van der Waals surface area contributed by atoms with Crippen molar-refractivity contribution < 1.29 is 4.52 Å². The summed E-state index contributed by atoms with van der Waals surface area (Å²) in [7, 11) is 0. The highest BCUT2D eigenvalue weighted by Crippen LogP contribution is 2.26. The van der Waals surface area contributed by atoms with Crippen molar-refractivity contribution in [3.63, 3.8) is 0 Å². The lowest BCUT2D eigenvalue weighted by atomic mass is 10.1. The third-order valence-electron chi connectivity index (χ3n) is 2.85. The molecule has 0 fully saturated rings.